The van der Waals surface area contributed by atoms with Gasteiger partial charge in [-0.2, -0.15) is 0 Å². The van der Waals surface area contributed by atoms with Crippen LogP contribution in [0, 0.1) is 13.8 Å². The minimum atomic E-state index is -5.34. The lowest BCUT2D eigenvalue weighted by atomic mass is 10.1. The average molecular weight is 356 g/mol. The largest absolute Gasteiger partial charge is 0.790 e. The van der Waals surface area contributed by atoms with E-state index in [0.29, 0.717) is 11.0 Å². The second-order valence-corrected chi connectivity index (χ2v) is 6.94. The van der Waals surface area contributed by atoms with E-state index in [1.807, 2.05) is 26.0 Å². The second-order valence-electron chi connectivity index (χ2n) is 5.83. The molecule has 1 fully saturated rings. The number of benzene rings is 1. The van der Waals surface area contributed by atoms with Gasteiger partial charge in [-0.05, 0) is 37.1 Å². The summed E-state index contributed by atoms with van der Waals surface area (Å²) in [6, 6.07) is 3.74. The zero-order valence-electron chi connectivity index (χ0n) is 13.0. The molecule has 4 atom stereocenters. The summed E-state index contributed by atoms with van der Waals surface area (Å²) in [7, 11) is -5.34. The molecular weight excluding hydrogens is 339 g/mol. The van der Waals surface area contributed by atoms with Gasteiger partial charge in [0.15, 0.2) is 6.23 Å². The van der Waals surface area contributed by atoms with E-state index in [1.54, 1.807) is 0 Å². The van der Waals surface area contributed by atoms with Crippen LogP contribution < -0.4 is 9.79 Å². The minimum Gasteiger partial charge on any atom is -0.790 e. The lowest BCUT2D eigenvalue weighted by Gasteiger charge is -2.34. The highest BCUT2D eigenvalue weighted by atomic mass is 31.2. The van der Waals surface area contributed by atoms with Gasteiger partial charge in [0.1, 0.15) is 18.3 Å². The fourth-order valence-corrected chi connectivity index (χ4v) is 3.42. The molecule has 9 nitrogen and oxygen atoms in total. The summed E-state index contributed by atoms with van der Waals surface area (Å²) in [6.45, 7) is 3.26. The molecule has 10 heteroatoms. The topological polar surface area (TPSA) is 140 Å². The van der Waals surface area contributed by atoms with Gasteiger partial charge < -0.3 is 38.4 Å². The maximum absolute atomic E-state index is 10.9. The maximum Gasteiger partial charge on any atom is 0.164 e. The van der Waals surface area contributed by atoms with Crippen LogP contribution in [-0.2, 0) is 13.8 Å². The molecular formula is C14H17N2O7P-2. The van der Waals surface area contributed by atoms with Crippen molar-refractivity contribution in [1.29, 1.82) is 0 Å². The average Bonchev–Trinajstić information content (AvgIpc) is 3.00. The smallest absolute Gasteiger partial charge is 0.164 e. The van der Waals surface area contributed by atoms with Crippen LogP contribution >= 0.6 is 7.82 Å². The lowest BCUT2D eigenvalue weighted by molar-refractivity contribution is -0.347. The number of aliphatic hydroxyl groups excluding tert-OH is 2. The molecule has 0 spiro atoms. The molecule has 0 aliphatic carbocycles. The Hall–Kier alpha value is -1.32. The van der Waals surface area contributed by atoms with Gasteiger partial charge in [0, 0.05) is 0 Å². The Morgan fingerprint density at radius 3 is 2.67 bits per heavy atom. The first-order chi connectivity index (χ1) is 11.2. The third-order valence-electron chi connectivity index (χ3n) is 4.20. The normalized spacial score (nSPS) is 27.9. The zero-order valence-corrected chi connectivity index (χ0v) is 13.9. The van der Waals surface area contributed by atoms with Gasteiger partial charge in [-0.25, -0.2) is 4.98 Å². The number of aryl methyl sites for hydroxylation is 2. The highest BCUT2D eigenvalue weighted by Crippen LogP contribution is 2.39. The van der Waals surface area contributed by atoms with E-state index in [9.17, 15) is 24.6 Å². The predicted molar refractivity (Wildman–Crippen MR) is 78.7 cm³/mol. The summed E-state index contributed by atoms with van der Waals surface area (Å²) in [5.74, 6) is 0. The maximum atomic E-state index is 10.9. The number of ether oxygens (including phenoxy) is 1. The summed E-state index contributed by atoms with van der Waals surface area (Å²) in [4.78, 5) is 26.0. The molecule has 0 bridgehead atoms. The van der Waals surface area contributed by atoms with Crippen LogP contribution in [0.2, 0.25) is 0 Å². The fourth-order valence-electron chi connectivity index (χ4n) is 2.86. The number of fused-ring (bicyclic) bond motifs is 1. The quantitative estimate of drug-likeness (QED) is 0.673. The molecule has 0 amide bonds. The predicted octanol–water partition coefficient (Wildman–Crippen LogP) is -0.882. The van der Waals surface area contributed by atoms with Gasteiger partial charge in [-0.1, -0.05) is 0 Å². The Kier molecular flexibility index (Phi) is 4.52. The Morgan fingerprint density at radius 1 is 1.38 bits per heavy atom. The highest BCUT2D eigenvalue weighted by Gasteiger charge is 2.46. The molecule has 2 N–H and O–H groups in total. The van der Waals surface area contributed by atoms with Gasteiger partial charge in [0.25, 0.3) is 0 Å². The zero-order chi connectivity index (χ0) is 17.6. The van der Waals surface area contributed by atoms with E-state index in [-0.39, 0.29) is 0 Å². The molecule has 1 aromatic heterocycles. The van der Waals surface area contributed by atoms with E-state index in [4.69, 9.17) is 4.74 Å². The number of imidazole rings is 1. The molecule has 1 aliphatic rings. The first-order valence-corrected chi connectivity index (χ1v) is 8.76. The van der Waals surface area contributed by atoms with Crippen molar-refractivity contribution < 1.29 is 33.8 Å². The van der Waals surface area contributed by atoms with Gasteiger partial charge in [-0.15, -0.1) is 0 Å². The van der Waals surface area contributed by atoms with Crippen LogP contribution in [0.4, 0.5) is 0 Å². The summed E-state index contributed by atoms with van der Waals surface area (Å²) >= 11 is 0. The molecule has 1 aromatic carbocycles. The summed E-state index contributed by atoms with van der Waals surface area (Å²) in [5.41, 5.74) is 3.41. The van der Waals surface area contributed by atoms with E-state index in [0.717, 1.165) is 11.1 Å². The molecule has 2 aromatic rings. The molecule has 0 saturated carbocycles. The number of rotatable bonds is 4. The molecule has 3 rings (SSSR count). The van der Waals surface area contributed by atoms with Crippen molar-refractivity contribution in [2.24, 2.45) is 0 Å². The number of aliphatic hydroxyl groups is 2. The van der Waals surface area contributed by atoms with Crippen molar-refractivity contribution in [3.05, 3.63) is 29.6 Å². The number of phosphoric ester groups is 1. The Balaban J connectivity index is 1.98. The van der Waals surface area contributed by atoms with Crippen LogP contribution in [0.1, 0.15) is 17.4 Å². The van der Waals surface area contributed by atoms with Gasteiger partial charge in [0.2, 0.25) is 0 Å². The third-order valence-corrected chi connectivity index (χ3v) is 4.71. The van der Waals surface area contributed by atoms with Crippen LogP contribution in [-0.4, -0.2) is 44.7 Å². The van der Waals surface area contributed by atoms with Crippen molar-refractivity contribution in [1.82, 2.24) is 9.55 Å². The number of aromatic nitrogens is 2. The van der Waals surface area contributed by atoms with Gasteiger partial charge in [-0.3, -0.25) is 0 Å². The van der Waals surface area contributed by atoms with Crippen molar-refractivity contribution in [2.45, 2.75) is 38.4 Å². The van der Waals surface area contributed by atoms with Crippen LogP contribution in [0.25, 0.3) is 11.0 Å². The van der Waals surface area contributed by atoms with Crippen molar-refractivity contribution in [3.63, 3.8) is 0 Å². The Labute approximate surface area is 137 Å². The second kappa shape index (κ2) is 6.20. The molecule has 24 heavy (non-hydrogen) atoms. The molecule has 0 radical (unpaired) electrons. The van der Waals surface area contributed by atoms with E-state index in [2.05, 4.69) is 9.51 Å². The Bertz CT molecular complexity index is 802. The Morgan fingerprint density at radius 2 is 2.04 bits per heavy atom. The number of hydrogen-bond donors (Lipinski definition) is 2. The molecule has 132 valence electrons. The standard InChI is InChI=1S/C14H19N2O7P/c1-7-3-9-10(4-8(7)2)16(6-15-9)14-12(18)13(11(5-17)22-14)23-24(19,20)21/h3-4,6,11-14,17-18H,5H2,1-2H3,(H2,19,20,21)/p-2/t11-,12-,13-,14+/m1/s1. The van der Waals surface area contributed by atoms with Crippen LogP contribution in [0.3, 0.4) is 0 Å². The number of phosphoric acid groups is 1. The van der Waals surface area contributed by atoms with Gasteiger partial charge >= 0.3 is 0 Å². The van der Waals surface area contributed by atoms with E-state index < -0.39 is 39.0 Å². The first-order valence-electron chi connectivity index (χ1n) is 7.30. The molecule has 2 heterocycles. The number of hydrogen-bond acceptors (Lipinski definition) is 8. The first kappa shape index (κ1) is 17.5. The summed E-state index contributed by atoms with van der Waals surface area (Å²) < 4.78 is 22.3. The SMILES string of the molecule is Cc1cc2ncn([C@H]3O[C@H](CO)[C@@H](OP(=O)([O-])[O-])[C@H]3O)c2cc1C. The fraction of sp³-hybridized carbons (Fsp3) is 0.500. The molecule has 1 aliphatic heterocycles. The van der Waals surface area contributed by atoms with E-state index in [1.165, 1.54) is 10.9 Å². The summed E-state index contributed by atoms with van der Waals surface area (Å²) in [6.07, 6.45) is -3.68. The van der Waals surface area contributed by atoms with Crippen LogP contribution in [0.15, 0.2) is 18.5 Å². The monoisotopic (exact) mass is 356 g/mol. The highest BCUT2D eigenvalue weighted by molar-refractivity contribution is 7.43. The summed E-state index contributed by atoms with van der Waals surface area (Å²) in [5, 5.41) is 19.7. The molecule has 0 unspecified atom stereocenters. The van der Waals surface area contributed by atoms with Crippen LogP contribution in [0.5, 0.6) is 0 Å². The van der Waals surface area contributed by atoms with E-state index >= 15 is 0 Å². The minimum absolute atomic E-state index is 0.608. The number of nitrogens with zero attached hydrogens (tertiary/aromatic N) is 2. The molecule has 1 saturated heterocycles. The van der Waals surface area contributed by atoms with Crippen molar-refractivity contribution >= 4 is 18.9 Å². The van der Waals surface area contributed by atoms with Crippen molar-refractivity contribution in [3.8, 4) is 0 Å². The third kappa shape index (κ3) is 3.12. The van der Waals surface area contributed by atoms with Crippen molar-refractivity contribution in [2.75, 3.05) is 6.61 Å². The lowest BCUT2D eigenvalue weighted by Crippen LogP contribution is -2.38. The van der Waals surface area contributed by atoms with Gasteiger partial charge in [0.05, 0.1) is 31.8 Å².